The van der Waals surface area contributed by atoms with Gasteiger partial charge < -0.3 is 9.50 Å². The van der Waals surface area contributed by atoms with E-state index < -0.39 is 33.3 Å². The zero-order valence-corrected chi connectivity index (χ0v) is 17.0. The van der Waals surface area contributed by atoms with E-state index in [1.54, 1.807) is 13.0 Å². The van der Waals surface area contributed by atoms with Gasteiger partial charge in [0.05, 0.1) is 6.04 Å². The fraction of sp³-hybridized carbons (Fsp3) is 0.188. The molecule has 0 aliphatic heterocycles. The van der Waals surface area contributed by atoms with E-state index in [2.05, 4.69) is 29.6 Å². The summed E-state index contributed by atoms with van der Waals surface area (Å²) in [4.78, 5) is 24.7. The van der Waals surface area contributed by atoms with Crippen molar-refractivity contribution in [1.82, 2.24) is 30.0 Å². The van der Waals surface area contributed by atoms with Gasteiger partial charge in [-0.1, -0.05) is 11.6 Å². The Morgan fingerprint density at radius 1 is 1.19 bits per heavy atom. The zero-order valence-electron chi connectivity index (χ0n) is 15.4. The molecule has 0 fully saturated rings. The summed E-state index contributed by atoms with van der Waals surface area (Å²) in [6.07, 6.45) is 4.20. The summed E-state index contributed by atoms with van der Waals surface area (Å²) in [5.41, 5.74) is -5.88. The number of nitrogens with zero attached hydrogens (tertiary/aromatic N) is 5. The van der Waals surface area contributed by atoms with Crippen LogP contribution < -0.4 is 9.50 Å². The second kappa shape index (κ2) is 8.47. The van der Waals surface area contributed by atoms with Gasteiger partial charge in [0, 0.05) is 29.0 Å². The Bertz CT molecular complexity index is 1200. The topological polar surface area (TPSA) is 129 Å². The Morgan fingerprint density at radius 3 is 2.52 bits per heavy atom. The molecule has 31 heavy (non-hydrogen) atoms. The van der Waals surface area contributed by atoms with Crippen LogP contribution in [-0.4, -0.2) is 44.6 Å². The summed E-state index contributed by atoms with van der Waals surface area (Å²) < 4.78 is 65.3. The van der Waals surface area contributed by atoms with Crippen LogP contribution in [0.3, 0.4) is 0 Å². The van der Waals surface area contributed by atoms with Gasteiger partial charge >= 0.3 is 15.6 Å². The van der Waals surface area contributed by atoms with Gasteiger partial charge in [0.2, 0.25) is 0 Å². The largest absolute Gasteiger partial charge is 0.534 e. The number of carbonyl (C=O) groups is 1. The fourth-order valence-electron chi connectivity index (χ4n) is 2.36. The molecular weight excluding hydrogens is 465 g/mol. The van der Waals surface area contributed by atoms with Crippen LogP contribution in [0, 0.1) is 0 Å². The first-order chi connectivity index (χ1) is 14.5. The maximum Gasteiger partial charge on any atom is 0.534 e. The Morgan fingerprint density at radius 2 is 1.87 bits per heavy atom. The number of amides is 1. The summed E-state index contributed by atoms with van der Waals surface area (Å²) in [6.45, 7) is 1.57. The van der Waals surface area contributed by atoms with Crippen molar-refractivity contribution in [1.29, 1.82) is 0 Å². The van der Waals surface area contributed by atoms with Crippen LogP contribution >= 0.6 is 11.6 Å². The molecule has 164 valence electrons. The molecule has 2 aromatic heterocycles. The number of nitrogens with one attached hydrogen (secondary N) is 1. The van der Waals surface area contributed by atoms with Crippen LogP contribution in [0.1, 0.15) is 29.1 Å². The van der Waals surface area contributed by atoms with Gasteiger partial charge in [0.1, 0.15) is 12.1 Å². The Balaban J connectivity index is 1.82. The molecule has 3 aromatic rings. The Kier molecular flexibility index (Phi) is 6.13. The molecule has 0 unspecified atom stereocenters. The van der Waals surface area contributed by atoms with Crippen molar-refractivity contribution in [3.05, 3.63) is 59.4 Å². The SMILES string of the molecule is C[C@@H](NC(=O)c1cc(Cl)cc(OS(=O)(=O)C(F)(F)F)c1)c1ncnn1-c1ncccn1. The fourth-order valence-corrected chi connectivity index (χ4v) is 3.03. The molecule has 3 rings (SSSR count). The Labute approximate surface area is 178 Å². The second-order valence-electron chi connectivity index (χ2n) is 5.93. The van der Waals surface area contributed by atoms with Crippen molar-refractivity contribution in [2.24, 2.45) is 0 Å². The summed E-state index contributed by atoms with van der Waals surface area (Å²) in [7, 11) is -5.93. The number of halogens is 4. The van der Waals surface area contributed by atoms with E-state index in [0.717, 1.165) is 18.2 Å². The number of carbonyl (C=O) groups excluding carboxylic acids is 1. The number of rotatable bonds is 6. The van der Waals surface area contributed by atoms with Crippen LogP contribution in [0.4, 0.5) is 13.2 Å². The van der Waals surface area contributed by atoms with Crippen LogP contribution in [0.25, 0.3) is 5.95 Å². The maximum absolute atomic E-state index is 12.6. The lowest BCUT2D eigenvalue weighted by molar-refractivity contribution is -0.0500. The molecule has 0 saturated heterocycles. The highest BCUT2D eigenvalue weighted by Crippen LogP contribution is 2.29. The minimum Gasteiger partial charge on any atom is -0.376 e. The van der Waals surface area contributed by atoms with Crippen molar-refractivity contribution in [3.63, 3.8) is 0 Å². The summed E-state index contributed by atoms with van der Waals surface area (Å²) in [5, 5.41) is 6.33. The average Bonchev–Trinajstić information content (AvgIpc) is 3.17. The summed E-state index contributed by atoms with van der Waals surface area (Å²) >= 11 is 5.80. The molecule has 0 spiro atoms. The highest BCUT2D eigenvalue weighted by atomic mass is 35.5. The van der Waals surface area contributed by atoms with E-state index in [-0.39, 0.29) is 22.4 Å². The number of benzene rings is 1. The summed E-state index contributed by atoms with van der Waals surface area (Å²) in [6, 6.07) is 3.61. The number of aromatic nitrogens is 5. The number of alkyl halides is 3. The van der Waals surface area contributed by atoms with Crippen LogP contribution in [0.15, 0.2) is 43.0 Å². The molecule has 1 aromatic carbocycles. The standard InChI is InChI=1S/C16H12ClF3N6O4S/c1-9(13-23-8-24-26(13)15-21-3-2-4-22-15)25-14(27)10-5-11(17)7-12(6-10)30-31(28,29)16(18,19)20/h2-9H,1H3,(H,25,27)/t9-/m1/s1. The monoisotopic (exact) mass is 476 g/mol. The normalized spacial score (nSPS) is 12.9. The summed E-state index contributed by atoms with van der Waals surface area (Å²) in [5.74, 6) is -1.10. The third-order valence-corrected chi connectivity index (χ3v) is 4.87. The van der Waals surface area contributed by atoms with Gasteiger partial charge in [0.15, 0.2) is 5.82 Å². The van der Waals surface area contributed by atoms with E-state index in [4.69, 9.17) is 11.6 Å². The van der Waals surface area contributed by atoms with Gasteiger partial charge in [-0.05, 0) is 25.1 Å². The van der Waals surface area contributed by atoms with E-state index >= 15 is 0 Å². The second-order valence-corrected chi connectivity index (χ2v) is 7.91. The van der Waals surface area contributed by atoms with Crippen molar-refractivity contribution < 1.29 is 30.6 Å². The smallest absolute Gasteiger partial charge is 0.376 e. The van der Waals surface area contributed by atoms with Gasteiger partial charge in [-0.25, -0.2) is 15.0 Å². The highest BCUT2D eigenvalue weighted by molar-refractivity contribution is 7.88. The molecular formula is C16H12ClF3N6O4S. The molecule has 2 heterocycles. The van der Waals surface area contributed by atoms with Crippen LogP contribution in [-0.2, 0) is 10.1 Å². The first kappa shape index (κ1) is 22.4. The van der Waals surface area contributed by atoms with E-state index in [9.17, 15) is 26.4 Å². The van der Waals surface area contributed by atoms with Crippen LogP contribution in [0.5, 0.6) is 5.75 Å². The number of hydrogen-bond acceptors (Lipinski definition) is 8. The predicted molar refractivity (Wildman–Crippen MR) is 99.9 cm³/mol. The molecule has 15 heteroatoms. The quantitative estimate of drug-likeness (QED) is 0.424. The van der Waals surface area contributed by atoms with Crippen molar-refractivity contribution >= 4 is 27.6 Å². The predicted octanol–water partition coefficient (Wildman–Crippen LogP) is 2.43. The average molecular weight is 477 g/mol. The third-order valence-electron chi connectivity index (χ3n) is 3.67. The zero-order chi connectivity index (χ0) is 22.8. The number of hydrogen-bond donors (Lipinski definition) is 1. The molecule has 0 bridgehead atoms. The first-order valence-electron chi connectivity index (χ1n) is 8.27. The molecule has 10 nitrogen and oxygen atoms in total. The van der Waals surface area contributed by atoms with Gasteiger partial charge in [-0.15, -0.1) is 0 Å². The van der Waals surface area contributed by atoms with Crippen molar-refractivity contribution in [2.75, 3.05) is 0 Å². The molecule has 0 radical (unpaired) electrons. The van der Waals surface area contributed by atoms with Gasteiger partial charge in [-0.3, -0.25) is 4.79 Å². The molecule has 0 aliphatic rings. The maximum atomic E-state index is 12.6. The van der Waals surface area contributed by atoms with E-state index in [1.807, 2.05) is 0 Å². The van der Waals surface area contributed by atoms with Crippen molar-refractivity contribution in [2.45, 2.75) is 18.5 Å². The highest BCUT2D eigenvalue weighted by Gasteiger charge is 2.48. The lowest BCUT2D eigenvalue weighted by Crippen LogP contribution is -2.29. The Hall–Kier alpha value is -3.26. The molecule has 0 saturated carbocycles. The lowest BCUT2D eigenvalue weighted by Gasteiger charge is -2.15. The van der Waals surface area contributed by atoms with Gasteiger partial charge in [-0.2, -0.15) is 31.4 Å². The minimum absolute atomic E-state index is 0.201. The molecule has 1 N–H and O–H groups in total. The van der Waals surface area contributed by atoms with Gasteiger partial charge in [0.25, 0.3) is 11.9 Å². The molecule has 0 aliphatic carbocycles. The molecule has 1 amide bonds. The molecule has 1 atom stereocenters. The van der Waals surface area contributed by atoms with Crippen LogP contribution in [0.2, 0.25) is 5.02 Å². The van der Waals surface area contributed by atoms with Crippen molar-refractivity contribution in [3.8, 4) is 11.7 Å². The third kappa shape index (κ3) is 5.08. The van der Waals surface area contributed by atoms with E-state index in [1.165, 1.54) is 23.4 Å². The lowest BCUT2D eigenvalue weighted by atomic mass is 10.2. The first-order valence-corrected chi connectivity index (χ1v) is 10.1. The van der Waals surface area contributed by atoms with E-state index in [0.29, 0.717) is 0 Å². The minimum atomic E-state index is -5.93.